The number of anilines is 1. The van der Waals surface area contributed by atoms with E-state index >= 15 is 0 Å². The molecule has 0 aliphatic carbocycles. The second-order valence-corrected chi connectivity index (χ2v) is 5.86. The lowest BCUT2D eigenvalue weighted by molar-refractivity contribution is -0.116. The Kier molecular flexibility index (Phi) is 6.84. The Balaban J connectivity index is 1.68. The van der Waals surface area contributed by atoms with Gasteiger partial charge in [0.1, 0.15) is 5.82 Å². The molecule has 23 heavy (non-hydrogen) atoms. The van der Waals surface area contributed by atoms with E-state index in [-0.39, 0.29) is 11.7 Å². The number of nitrogens with one attached hydrogen (secondary N) is 2. The van der Waals surface area contributed by atoms with Crippen LogP contribution in [0.1, 0.15) is 12.0 Å². The van der Waals surface area contributed by atoms with Crippen LogP contribution >= 0.6 is 23.2 Å². The van der Waals surface area contributed by atoms with E-state index in [2.05, 4.69) is 10.6 Å². The highest BCUT2D eigenvalue weighted by molar-refractivity contribution is 6.36. The maximum Gasteiger partial charge on any atom is 0.225 e. The summed E-state index contributed by atoms with van der Waals surface area (Å²) < 4.78 is 13.4. The predicted molar refractivity (Wildman–Crippen MR) is 92.7 cm³/mol. The SMILES string of the molecule is O=C(CCNCCc1ccccc1F)Nc1ccc(Cl)cc1Cl. The first kappa shape index (κ1) is 17.7. The van der Waals surface area contributed by atoms with Gasteiger partial charge >= 0.3 is 0 Å². The van der Waals surface area contributed by atoms with E-state index in [1.807, 2.05) is 6.07 Å². The van der Waals surface area contributed by atoms with Crippen LogP contribution in [0, 0.1) is 5.82 Å². The predicted octanol–water partition coefficient (Wildman–Crippen LogP) is 4.29. The normalized spacial score (nSPS) is 10.6. The van der Waals surface area contributed by atoms with Gasteiger partial charge in [-0.3, -0.25) is 4.79 Å². The summed E-state index contributed by atoms with van der Waals surface area (Å²) in [6, 6.07) is 11.6. The third kappa shape index (κ3) is 5.82. The third-order valence-corrected chi connectivity index (χ3v) is 3.81. The number of halogens is 3. The van der Waals surface area contributed by atoms with E-state index in [1.165, 1.54) is 6.07 Å². The minimum absolute atomic E-state index is 0.146. The molecular formula is C17H17Cl2FN2O. The van der Waals surface area contributed by atoms with E-state index in [9.17, 15) is 9.18 Å². The third-order valence-electron chi connectivity index (χ3n) is 3.26. The van der Waals surface area contributed by atoms with Crippen LogP contribution in [0.5, 0.6) is 0 Å². The number of hydrogen-bond acceptors (Lipinski definition) is 2. The molecule has 3 nitrogen and oxygen atoms in total. The Morgan fingerprint density at radius 1 is 1.09 bits per heavy atom. The summed E-state index contributed by atoms with van der Waals surface area (Å²) >= 11 is 11.8. The van der Waals surface area contributed by atoms with Crippen molar-refractivity contribution in [2.45, 2.75) is 12.8 Å². The number of rotatable bonds is 7. The molecule has 0 atom stereocenters. The van der Waals surface area contributed by atoms with Gasteiger partial charge in [-0.25, -0.2) is 4.39 Å². The van der Waals surface area contributed by atoms with Crippen LogP contribution in [0.2, 0.25) is 10.0 Å². The summed E-state index contributed by atoms with van der Waals surface area (Å²) in [5.74, 6) is -0.350. The zero-order valence-corrected chi connectivity index (χ0v) is 13.9. The van der Waals surface area contributed by atoms with Crippen molar-refractivity contribution in [3.8, 4) is 0 Å². The summed E-state index contributed by atoms with van der Waals surface area (Å²) in [4.78, 5) is 11.8. The zero-order chi connectivity index (χ0) is 16.7. The molecule has 0 fully saturated rings. The van der Waals surface area contributed by atoms with Gasteiger partial charge in [-0.1, -0.05) is 41.4 Å². The molecule has 2 N–H and O–H groups in total. The molecular weight excluding hydrogens is 338 g/mol. The molecule has 2 aromatic rings. The Hall–Kier alpha value is -1.62. The number of carbonyl (C=O) groups is 1. The zero-order valence-electron chi connectivity index (χ0n) is 12.4. The quantitative estimate of drug-likeness (QED) is 0.728. The van der Waals surface area contributed by atoms with E-state index in [0.717, 1.165) is 0 Å². The van der Waals surface area contributed by atoms with Crippen molar-refractivity contribution in [2.75, 3.05) is 18.4 Å². The van der Waals surface area contributed by atoms with Crippen LogP contribution in [0.3, 0.4) is 0 Å². The molecule has 0 unspecified atom stereocenters. The monoisotopic (exact) mass is 354 g/mol. The molecule has 0 bridgehead atoms. The van der Waals surface area contributed by atoms with Crippen molar-refractivity contribution in [3.05, 3.63) is 63.9 Å². The van der Waals surface area contributed by atoms with Crippen molar-refractivity contribution in [3.63, 3.8) is 0 Å². The van der Waals surface area contributed by atoms with Gasteiger partial charge < -0.3 is 10.6 Å². The van der Waals surface area contributed by atoms with Gasteiger partial charge in [-0.05, 0) is 42.8 Å². The van der Waals surface area contributed by atoms with E-state index in [4.69, 9.17) is 23.2 Å². The van der Waals surface area contributed by atoms with E-state index in [0.29, 0.717) is 47.2 Å². The molecule has 0 saturated heterocycles. The maximum atomic E-state index is 13.4. The van der Waals surface area contributed by atoms with Crippen LogP contribution in [0.15, 0.2) is 42.5 Å². The van der Waals surface area contributed by atoms with Gasteiger partial charge in [0.2, 0.25) is 5.91 Å². The smallest absolute Gasteiger partial charge is 0.225 e. The minimum atomic E-state index is -0.204. The molecule has 122 valence electrons. The first-order valence-electron chi connectivity index (χ1n) is 7.25. The first-order valence-corrected chi connectivity index (χ1v) is 8.01. The van der Waals surface area contributed by atoms with Gasteiger partial charge in [0.15, 0.2) is 0 Å². The average Bonchev–Trinajstić information content (AvgIpc) is 2.51. The van der Waals surface area contributed by atoms with Crippen molar-refractivity contribution in [1.82, 2.24) is 5.32 Å². The van der Waals surface area contributed by atoms with Crippen LogP contribution in [0.25, 0.3) is 0 Å². The molecule has 0 saturated carbocycles. The number of amides is 1. The fraction of sp³-hybridized carbons (Fsp3) is 0.235. The molecule has 6 heteroatoms. The van der Waals surface area contributed by atoms with Crippen molar-refractivity contribution in [2.24, 2.45) is 0 Å². The second kappa shape index (κ2) is 8.87. The lowest BCUT2D eigenvalue weighted by Gasteiger charge is -2.08. The molecule has 2 aromatic carbocycles. The van der Waals surface area contributed by atoms with Crippen LogP contribution < -0.4 is 10.6 Å². The summed E-state index contributed by atoms with van der Waals surface area (Å²) in [5.41, 5.74) is 1.20. The van der Waals surface area contributed by atoms with Crippen LogP contribution in [-0.4, -0.2) is 19.0 Å². The summed E-state index contributed by atoms with van der Waals surface area (Å²) in [5, 5.41) is 6.76. The summed E-state index contributed by atoms with van der Waals surface area (Å²) in [6.07, 6.45) is 0.882. The molecule has 0 aromatic heterocycles. The molecule has 2 rings (SSSR count). The highest BCUT2D eigenvalue weighted by Gasteiger charge is 2.06. The number of hydrogen-bond donors (Lipinski definition) is 2. The standard InChI is InChI=1S/C17H17Cl2FN2O/c18-13-5-6-16(14(19)11-13)22-17(23)8-10-21-9-7-12-3-1-2-4-15(12)20/h1-6,11,21H,7-10H2,(H,22,23). The molecule has 0 aliphatic rings. The van der Waals surface area contributed by atoms with Crippen molar-refractivity contribution >= 4 is 34.8 Å². The van der Waals surface area contributed by atoms with E-state index in [1.54, 1.807) is 30.3 Å². The van der Waals surface area contributed by atoms with Gasteiger partial charge in [-0.15, -0.1) is 0 Å². The van der Waals surface area contributed by atoms with Crippen LogP contribution in [-0.2, 0) is 11.2 Å². The lowest BCUT2D eigenvalue weighted by Crippen LogP contribution is -2.23. The minimum Gasteiger partial charge on any atom is -0.325 e. The van der Waals surface area contributed by atoms with Crippen LogP contribution in [0.4, 0.5) is 10.1 Å². The van der Waals surface area contributed by atoms with Gasteiger partial charge in [0, 0.05) is 18.0 Å². The molecule has 0 spiro atoms. The molecule has 1 amide bonds. The largest absolute Gasteiger partial charge is 0.325 e. The molecule has 0 radical (unpaired) electrons. The highest BCUT2D eigenvalue weighted by Crippen LogP contribution is 2.25. The summed E-state index contributed by atoms with van der Waals surface area (Å²) in [6.45, 7) is 1.11. The van der Waals surface area contributed by atoms with Gasteiger partial charge in [0.25, 0.3) is 0 Å². The van der Waals surface area contributed by atoms with E-state index < -0.39 is 0 Å². The molecule has 0 aliphatic heterocycles. The second-order valence-electron chi connectivity index (χ2n) is 5.01. The molecule has 0 heterocycles. The van der Waals surface area contributed by atoms with Gasteiger partial charge in [0.05, 0.1) is 10.7 Å². The number of carbonyl (C=O) groups excluding carboxylic acids is 1. The van der Waals surface area contributed by atoms with Crippen molar-refractivity contribution in [1.29, 1.82) is 0 Å². The fourth-order valence-corrected chi connectivity index (χ4v) is 2.51. The first-order chi connectivity index (χ1) is 11.1. The maximum absolute atomic E-state index is 13.4. The lowest BCUT2D eigenvalue weighted by atomic mass is 10.1. The fourth-order valence-electron chi connectivity index (χ4n) is 2.05. The summed E-state index contributed by atoms with van der Waals surface area (Å²) in [7, 11) is 0. The van der Waals surface area contributed by atoms with Crippen molar-refractivity contribution < 1.29 is 9.18 Å². The Morgan fingerprint density at radius 3 is 2.61 bits per heavy atom. The number of benzene rings is 2. The Bertz CT molecular complexity index is 679. The highest BCUT2D eigenvalue weighted by atomic mass is 35.5. The Morgan fingerprint density at radius 2 is 1.87 bits per heavy atom. The van der Waals surface area contributed by atoms with Gasteiger partial charge in [-0.2, -0.15) is 0 Å². The average molecular weight is 355 g/mol. The topological polar surface area (TPSA) is 41.1 Å². The Labute approximate surface area is 144 Å².